The summed E-state index contributed by atoms with van der Waals surface area (Å²) in [5.74, 6) is 0.664. The second-order valence-corrected chi connectivity index (χ2v) is 5.56. The molecule has 0 atom stereocenters. The molecule has 0 unspecified atom stereocenters. The number of hydrogen-bond acceptors (Lipinski definition) is 4. The zero-order chi connectivity index (χ0) is 16.1. The Kier molecular flexibility index (Phi) is 2.58. The van der Waals surface area contributed by atoms with Gasteiger partial charge in [0.25, 0.3) is 0 Å². The van der Waals surface area contributed by atoms with E-state index in [2.05, 4.69) is 25.8 Å². The minimum atomic E-state index is 0.664. The lowest BCUT2D eigenvalue weighted by molar-refractivity contribution is 0.783. The van der Waals surface area contributed by atoms with Gasteiger partial charge in [0.15, 0.2) is 17.1 Å². The average molecular weight is 315 g/mol. The molecule has 0 aliphatic carbocycles. The predicted octanol–water partition coefficient (Wildman–Crippen LogP) is 2.47. The largest absolute Gasteiger partial charge is 0.323 e. The third-order valence-corrected chi connectivity index (χ3v) is 4.10. The summed E-state index contributed by atoms with van der Waals surface area (Å²) < 4.78 is 5.49. The fraction of sp³-hybridized carbons (Fsp3) is 0.0588. The van der Waals surface area contributed by atoms with Crippen molar-refractivity contribution in [3.63, 3.8) is 0 Å². The zero-order valence-corrected chi connectivity index (χ0v) is 12.9. The molecule has 7 heteroatoms. The second kappa shape index (κ2) is 4.76. The molecule has 0 amide bonds. The summed E-state index contributed by atoms with van der Waals surface area (Å²) in [5.41, 5.74) is 3.55. The van der Waals surface area contributed by atoms with Gasteiger partial charge in [-0.25, -0.2) is 14.5 Å². The maximum atomic E-state index is 4.74. The monoisotopic (exact) mass is 315 g/mol. The third kappa shape index (κ3) is 1.78. The van der Waals surface area contributed by atoms with E-state index in [4.69, 9.17) is 4.98 Å². The van der Waals surface area contributed by atoms with Crippen molar-refractivity contribution in [2.45, 2.75) is 0 Å². The Morgan fingerprint density at radius 1 is 0.958 bits per heavy atom. The molecule has 0 radical (unpaired) electrons. The lowest BCUT2D eigenvalue weighted by Gasteiger charge is -2.07. The molecule has 5 aromatic rings. The van der Waals surface area contributed by atoms with Crippen molar-refractivity contribution in [3.8, 4) is 17.1 Å². The molecule has 0 aliphatic rings. The summed E-state index contributed by atoms with van der Waals surface area (Å²) in [4.78, 5) is 9.14. The zero-order valence-electron chi connectivity index (χ0n) is 12.9. The first-order valence-corrected chi connectivity index (χ1v) is 7.57. The van der Waals surface area contributed by atoms with E-state index < -0.39 is 0 Å². The van der Waals surface area contributed by atoms with E-state index in [1.54, 1.807) is 21.7 Å². The van der Waals surface area contributed by atoms with Crippen LogP contribution in [0, 0.1) is 0 Å². The molecule has 7 nitrogen and oxygen atoms in total. The van der Waals surface area contributed by atoms with Crippen molar-refractivity contribution >= 4 is 16.7 Å². The molecule has 0 N–H and O–H groups in total. The fourth-order valence-electron chi connectivity index (χ4n) is 2.94. The Morgan fingerprint density at radius 3 is 2.67 bits per heavy atom. The highest BCUT2D eigenvalue weighted by atomic mass is 15.3. The number of nitrogens with zero attached hydrogens (tertiary/aromatic N) is 7. The second-order valence-electron chi connectivity index (χ2n) is 5.56. The van der Waals surface area contributed by atoms with E-state index in [0.717, 1.165) is 27.9 Å². The minimum Gasteiger partial charge on any atom is -0.323 e. The quantitative estimate of drug-likeness (QED) is 0.502. The molecule has 0 aliphatic heterocycles. The first-order chi connectivity index (χ1) is 11.8. The summed E-state index contributed by atoms with van der Waals surface area (Å²) in [7, 11) is 1.87. The lowest BCUT2D eigenvalue weighted by atomic mass is 10.1. The molecule has 0 saturated heterocycles. The number of aromatic nitrogens is 7. The van der Waals surface area contributed by atoms with Crippen LogP contribution in [0.4, 0.5) is 0 Å². The molecule has 0 saturated carbocycles. The van der Waals surface area contributed by atoms with E-state index in [1.165, 1.54) is 0 Å². The van der Waals surface area contributed by atoms with Gasteiger partial charge in [-0.3, -0.25) is 4.68 Å². The molecule has 5 rings (SSSR count). The Bertz CT molecular complexity index is 1160. The topological polar surface area (TPSA) is 65.8 Å². The van der Waals surface area contributed by atoms with Crippen LogP contribution in [0.5, 0.6) is 0 Å². The number of fused-ring (bicyclic) bond motifs is 3. The summed E-state index contributed by atoms with van der Waals surface area (Å²) in [6.07, 6.45) is 7.47. The van der Waals surface area contributed by atoms with Gasteiger partial charge in [0.2, 0.25) is 0 Å². The van der Waals surface area contributed by atoms with Crippen molar-refractivity contribution < 1.29 is 0 Å². The third-order valence-electron chi connectivity index (χ3n) is 4.10. The SMILES string of the molecule is Cn1ncc2c1ncn1nc(-c3ccccc3-n3cccc3)nc21. The van der Waals surface area contributed by atoms with Gasteiger partial charge in [0.05, 0.1) is 17.3 Å². The van der Waals surface area contributed by atoms with E-state index in [0.29, 0.717) is 5.82 Å². The molecule has 116 valence electrons. The molecule has 24 heavy (non-hydrogen) atoms. The van der Waals surface area contributed by atoms with Gasteiger partial charge in [-0.1, -0.05) is 12.1 Å². The van der Waals surface area contributed by atoms with Crippen LogP contribution >= 0.6 is 0 Å². The van der Waals surface area contributed by atoms with Crippen LogP contribution < -0.4 is 0 Å². The summed E-state index contributed by atoms with van der Waals surface area (Å²) in [6.45, 7) is 0. The molecule has 4 heterocycles. The van der Waals surface area contributed by atoms with Crippen LogP contribution in [-0.4, -0.2) is 33.9 Å². The molecule has 1 aromatic carbocycles. The van der Waals surface area contributed by atoms with E-state index in [1.807, 2.05) is 49.8 Å². The first-order valence-electron chi connectivity index (χ1n) is 7.57. The van der Waals surface area contributed by atoms with Crippen molar-refractivity contribution in [2.24, 2.45) is 7.05 Å². The number of aryl methyl sites for hydroxylation is 1. The smallest absolute Gasteiger partial charge is 0.184 e. The molecular formula is C17H13N7. The van der Waals surface area contributed by atoms with Crippen molar-refractivity contribution in [3.05, 3.63) is 61.3 Å². The molecule has 0 spiro atoms. The van der Waals surface area contributed by atoms with Crippen LogP contribution in [0.3, 0.4) is 0 Å². The number of hydrogen-bond donors (Lipinski definition) is 0. The van der Waals surface area contributed by atoms with Crippen LogP contribution in [0.1, 0.15) is 0 Å². The summed E-state index contributed by atoms with van der Waals surface area (Å²) >= 11 is 0. The van der Waals surface area contributed by atoms with Gasteiger partial charge in [0, 0.05) is 25.0 Å². The van der Waals surface area contributed by atoms with Gasteiger partial charge in [0.1, 0.15) is 6.33 Å². The molecule has 4 aromatic heterocycles. The van der Waals surface area contributed by atoms with Gasteiger partial charge >= 0.3 is 0 Å². The Balaban J connectivity index is 1.77. The van der Waals surface area contributed by atoms with Crippen LogP contribution in [0.15, 0.2) is 61.3 Å². The van der Waals surface area contributed by atoms with Crippen molar-refractivity contribution in [1.82, 2.24) is 33.9 Å². The average Bonchev–Trinajstić information content (AvgIpc) is 3.34. The Labute approximate surface area is 136 Å². The summed E-state index contributed by atoms with van der Waals surface area (Å²) in [5, 5.41) is 9.75. The van der Waals surface area contributed by atoms with E-state index in [9.17, 15) is 0 Å². The van der Waals surface area contributed by atoms with Gasteiger partial charge in [-0.05, 0) is 24.3 Å². The Morgan fingerprint density at radius 2 is 1.79 bits per heavy atom. The van der Waals surface area contributed by atoms with Crippen LogP contribution in [0.25, 0.3) is 33.8 Å². The molecular weight excluding hydrogens is 302 g/mol. The Hall–Kier alpha value is -3.48. The highest BCUT2D eigenvalue weighted by Gasteiger charge is 2.15. The number of rotatable bonds is 2. The lowest BCUT2D eigenvalue weighted by Crippen LogP contribution is -1.95. The van der Waals surface area contributed by atoms with Crippen LogP contribution in [-0.2, 0) is 7.05 Å². The normalized spacial score (nSPS) is 11.5. The van der Waals surface area contributed by atoms with Crippen molar-refractivity contribution in [2.75, 3.05) is 0 Å². The fourth-order valence-corrected chi connectivity index (χ4v) is 2.94. The van der Waals surface area contributed by atoms with Gasteiger partial charge < -0.3 is 4.57 Å². The highest BCUT2D eigenvalue weighted by Crippen LogP contribution is 2.26. The first kappa shape index (κ1) is 13.0. The van der Waals surface area contributed by atoms with E-state index >= 15 is 0 Å². The van der Waals surface area contributed by atoms with Crippen molar-refractivity contribution in [1.29, 1.82) is 0 Å². The van der Waals surface area contributed by atoms with Crippen LogP contribution in [0.2, 0.25) is 0 Å². The van der Waals surface area contributed by atoms with Gasteiger partial charge in [-0.2, -0.15) is 5.10 Å². The highest BCUT2D eigenvalue weighted by molar-refractivity contribution is 5.89. The summed E-state index contributed by atoms with van der Waals surface area (Å²) in [6, 6.07) is 12.1. The standard InChI is InChI=1S/C17H13N7/c1-22-16-13(10-19-22)17-20-15(21-24(17)11-18-16)12-6-2-3-7-14(12)23-8-4-5-9-23/h2-11H,1H3. The maximum absolute atomic E-state index is 4.74. The number of benzene rings is 1. The molecule has 0 fully saturated rings. The maximum Gasteiger partial charge on any atom is 0.184 e. The minimum absolute atomic E-state index is 0.664. The van der Waals surface area contributed by atoms with Gasteiger partial charge in [-0.15, -0.1) is 5.10 Å². The molecule has 0 bridgehead atoms. The number of para-hydroxylation sites is 1. The van der Waals surface area contributed by atoms with E-state index in [-0.39, 0.29) is 0 Å². The predicted molar refractivity (Wildman–Crippen MR) is 89.8 cm³/mol.